The minimum Gasteiger partial charge on any atom is -0.481 e. The molecule has 0 aliphatic carbocycles. The van der Waals surface area contributed by atoms with Gasteiger partial charge in [0.25, 0.3) is 0 Å². The molecular formula is C8H15NO2S. The molecule has 0 spiro atoms. The molecule has 4 heteroatoms. The molecule has 70 valence electrons. The third kappa shape index (κ3) is 3.45. The van der Waals surface area contributed by atoms with Gasteiger partial charge < -0.3 is 10.0 Å². The maximum absolute atomic E-state index is 10.3. The molecule has 1 N–H and O–H groups in total. The molecule has 3 nitrogen and oxygen atoms in total. The molecule has 0 aromatic rings. The number of hydrogen-bond acceptors (Lipinski definition) is 3. The van der Waals surface area contributed by atoms with Crippen LogP contribution in [-0.4, -0.2) is 47.1 Å². The van der Waals surface area contributed by atoms with Gasteiger partial charge in [0.15, 0.2) is 0 Å². The lowest BCUT2D eigenvalue weighted by Gasteiger charge is -2.28. The molecule has 1 heterocycles. The summed E-state index contributed by atoms with van der Waals surface area (Å²) < 4.78 is 0. The van der Waals surface area contributed by atoms with E-state index in [2.05, 4.69) is 11.9 Å². The summed E-state index contributed by atoms with van der Waals surface area (Å²) in [4.78, 5) is 12.6. The van der Waals surface area contributed by atoms with Crippen LogP contribution < -0.4 is 0 Å². The van der Waals surface area contributed by atoms with E-state index in [4.69, 9.17) is 5.11 Å². The number of nitrogens with zero attached hydrogens (tertiary/aromatic N) is 1. The smallest absolute Gasteiger partial charge is 0.313 e. The van der Waals surface area contributed by atoms with E-state index < -0.39 is 5.97 Å². The van der Waals surface area contributed by atoms with Gasteiger partial charge in [-0.25, -0.2) is 0 Å². The van der Waals surface area contributed by atoms with Crippen LogP contribution in [0.3, 0.4) is 0 Å². The normalized spacial score (nSPS) is 25.6. The van der Waals surface area contributed by atoms with Crippen molar-refractivity contribution < 1.29 is 9.90 Å². The number of aliphatic carboxylic acids is 1. The van der Waals surface area contributed by atoms with Gasteiger partial charge in [-0.05, 0) is 26.4 Å². The van der Waals surface area contributed by atoms with E-state index >= 15 is 0 Å². The Bertz CT molecular complexity index is 163. The van der Waals surface area contributed by atoms with E-state index in [1.165, 1.54) is 12.8 Å². The van der Waals surface area contributed by atoms with Crippen molar-refractivity contribution in [2.24, 2.45) is 0 Å². The molecule has 1 atom stereocenters. The van der Waals surface area contributed by atoms with E-state index in [9.17, 15) is 4.79 Å². The summed E-state index contributed by atoms with van der Waals surface area (Å²) >= 11 is 1.57. The number of piperidine rings is 1. The summed E-state index contributed by atoms with van der Waals surface area (Å²) in [5, 5.41) is 9.00. The number of thioether (sulfide) groups is 1. The van der Waals surface area contributed by atoms with Crippen LogP contribution in [0.4, 0.5) is 0 Å². The number of rotatable bonds is 3. The first-order chi connectivity index (χ1) is 5.68. The molecule has 1 aliphatic heterocycles. The van der Waals surface area contributed by atoms with Crippen LogP contribution in [0.15, 0.2) is 0 Å². The highest BCUT2D eigenvalue weighted by Crippen LogP contribution is 2.21. The Morgan fingerprint density at radius 3 is 3.08 bits per heavy atom. The zero-order valence-corrected chi connectivity index (χ0v) is 8.14. The van der Waals surface area contributed by atoms with Crippen molar-refractivity contribution in [3.63, 3.8) is 0 Å². The molecule has 0 saturated carbocycles. The lowest BCUT2D eigenvalue weighted by molar-refractivity contribution is -0.133. The first kappa shape index (κ1) is 9.86. The van der Waals surface area contributed by atoms with E-state index in [-0.39, 0.29) is 5.75 Å². The van der Waals surface area contributed by atoms with Crippen molar-refractivity contribution in [1.29, 1.82) is 0 Å². The number of hydrogen-bond donors (Lipinski definition) is 1. The van der Waals surface area contributed by atoms with Gasteiger partial charge in [0.05, 0.1) is 5.75 Å². The van der Waals surface area contributed by atoms with E-state index in [0.717, 1.165) is 13.1 Å². The second-order valence-electron chi connectivity index (χ2n) is 3.23. The molecule has 1 unspecified atom stereocenters. The molecule has 1 fully saturated rings. The monoisotopic (exact) mass is 189 g/mol. The Kier molecular flexibility index (Phi) is 3.88. The van der Waals surface area contributed by atoms with E-state index in [1.54, 1.807) is 11.8 Å². The molecule has 0 radical (unpaired) electrons. The fourth-order valence-corrected chi connectivity index (χ4v) is 2.52. The summed E-state index contributed by atoms with van der Waals surface area (Å²) in [6.07, 6.45) is 2.37. The zero-order chi connectivity index (χ0) is 8.97. The number of carbonyl (C=O) groups is 1. The molecule has 0 bridgehead atoms. The number of carboxylic acids is 1. The van der Waals surface area contributed by atoms with Gasteiger partial charge >= 0.3 is 5.97 Å². The highest BCUT2D eigenvalue weighted by molar-refractivity contribution is 8.00. The van der Waals surface area contributed by atoms with Crippen LogP contribution in [-0.2, 0) is 4.79 Å². The van der Waals surface area contributed by atoms with Gasteiger partial charge in [-0.1, -0.05) is 0 Å². The van der Waals surface area contributed by atoms with Crippen LogP contribution in [0, 0.1) is 0 Å². The van der Waals surface area contributed by atoms with Crippen molar-refractivity contribution in [3.05, 3.63) is 0 Å². The van der Waals surface area contributed by atoms with Gasteiger partial charge in [-0.15, -0.1) is 11.8 Å². The second kappa shape index (κ2) is 4.72. The zero-order valence-electron chi connectivity index (χ0n) is 7.32. The topological polar surface area (TPSA) is 40.5 Å². The van der Waals surface area contributed by atoms with Crippen molar-refractivity contribution in [1.82, 2.24) is 4.90 Å². The minimum absolute atomic E-state index is 0.249. The Balaban J connectivity index is 2.18. The van der Waals surface area contributed by atoms with Crippen molar-refractivity contribution in [3.8, 4) is 0 Å². The third-order valence-corrected chi connectivity index (χ3v) is 3.29. The van der Waals surface area contributed by atoms with Gasteiger partial charge in [0.2, 0.25) is 0 Å². The van der Waals surface area contributed by atoms with Crippen molar-refractivity contribution >= 4 is 17.7 Å². The van der Waals surface area contributed by atoms with Crippen LogP contribution in [0.25, 0.3) is 0 Å². The molecule has 12 heavy (non-hydrogen) atoms. The first-order valence-electron chi connectivity index (χ1n) is 4.20. The lowest BCUT2D eigenvalue weighted by Crippen LogP contribution is -2.34. The summed E-state index contributed by atoms with van der Waals surface area (Å²) in [6.45, 7) is 2.20. The standard InChI is InChI=1S/C8H15NO2S/c1-9-4-2-3-7(5-9)12-6-8(10)11/h7H,2-6H2,1H3,(H,10,11). The Morgan fingerprint density at radius 1 is 1.75 bits per heavy atom. The van der Waals surface area contributed by atoms with Crippen LogP contribution in [0.1, 0.15) is 12.8 Å². The van der Waals surface area contributed by atoms with Crippen molar-refractivity contribution in [2.75, 3.05) is 25.9 Å². The van der Waals surface area contributed by atoms with Crippen LogP contribution >= 0.6 is 11.8 Å². The quantitative estimate of drug-likeness (QED) is 0.716. The number of carboxylic acid groups (broad SMARTS) is 1. The van der Waals surface area contributed by atoms with Gasteiger partial charge in [0.1, 0.15) is 0 Å². The minimum atomic E-state index is -0.701. The highest BCUT2D eigenvalue weighted by Gasteiger charge is 2.17. The van der Waals surface area contributed by atoms with Crippen LogP contribution in [0.5, 0.6) is 0 Å². The molecule has 0 amide bonds. The van der Waals surface area contributed by atoms with Crippen molar-refractivity contribution in [2.45, 2.75) is 18.1 Å². The van der Waals surface area contributed by atoms with Crippen LogP contribution in [0.2, 0.25) is 0 Å². The van der Waals surface area contributed by atoms with E-state index in [0.29, 0.717) is 5.25 Å². The summed E-state index contributed by atoms with van der Waals surface area (Å²) in [5.41, 5.74) is 0. The Hall–Kier alpha value is -0.220. The molecular weight excluding hydrogens is 174 g/mol. The second-order valence-corrected chi connectivity index (χ2v) is 4.52. The van der Waals surface area contributed by atoms with E-state index in [1.807, 2.05) is 0 Å². The first-order valence-corrected chi connectivity index (χ1v) is 5.25. The Morgan fingerprint density at radius 2 is 2.50 bits per heavy atom. The summed E-state index contributed by atoms with van der Waals surface area (Å²) in [7, 11) is 2.09. The maximum Gasteiger partial charge on any atom is 0.313 e. The fourth-order valence-electron chi connectivity index (χ4n) is 1.44. The van der Waals surface area contributed by atoms with Gasteiger partial charge in [-0.3, -0.25) is 4.79 Å². The molecule has 1 aliphatic rings. The highest BCUT2D eigenvalue weighted by atomic mass is 32.2. The number of likely N-dealkylation sites (tertiary alicyclic amines) is 1. The largest absolute Gasteiger partial charge is 0.481 e. The average molecular weight is 189 g/mol. The Labute approximate surface area is 77.1 Å². The molecule has 0 aromatic heterocycles. The molecule has 1 rings (SSSR count). The maximum atomic E-state index is 10.3. The van der Waals surface area contributed by atoms with Gasteiger partial charge in [0, 0.05) is 11.8 Å². The molecule has 1 saturated heterocycles. The predicted octanol–water partition coefficient (Wildman–Crippen LogP) is 0.898. The molecule has 0 aromatic carbocycles. The predicted molar refractivity (Wildman–Crippen MR) is 50.6 cm³/mol. The summed E-state index contributed by atoms with van der Waals surface area (Å²) in [5.74, 6) is -0.452. The average Bonchev–Trinajstić information content (AvgIpc) is 2.01. The van der Waals surface area contributed by atoms with Gasteiger partial charge in [-0.2, -0.15) is 0 Å². The lowest BCUT2D eigenvalue weighted by atomic mass is 10.1. The SMILES string of the molecule is CN1CCCC(SCC(=O)O)C1. The fraction of sp³-hybridized carbons (Fsp3) is 0.875. The summed E-state index contributed by atoms with van der Waals surface area (Å²) in [6, 6.07) is 0. The third-order valence-electron chi connectivity index (χ3n) is 2.02.